The third-order valence-corrected chi connectivity index (χ3v) is 3.31. The number of hydrogen-bond acceptors (Lipinski definition) is 5. The maximum atomic E-state index is 9.90. The maximum absolute atomic E-state index is 9.90. The summed E-state index contributed by atoms with van der Waals surface area (Å²) in [6.07, 6.45) is 2.08. The van der Waals surface area contributed by atoms with Crippen LogP contribution in [0.4, 0.5) is 0 Å². The Morgan fingerprint density at radius 3 is 2.44 bits per heavy atom. The Balaban J connectivity index is 2.11. The summed E-state index contributed by atoms with van der Waals surface area (Å²) in [5, 5.41) is 9.90. The molecule has 0 aromatic carbocycles. The van der Waals surface area contributed by atoms with Gasteiger partial charge in [-0.15, -0.1) is 0 Å². The fourth-order valence-electron chi connectivity index (χ4n) is 2.24. The van der Waals surface area contributed by atoms with Crippen LogP contribution >= 0.6 is 0 Å². The lowest BCUT2D eigenvalue weighted by Gasteiger charge is -2.32. The average Bonchev–Trinajstić information content (AvgIpc) is 2.38. The number of piperidine rings is 1. The van der Waals surface area contributed by atoms with E-state index in [0.29, 0.717) is 25.9 Å². The molecule has 1 N–H and O–H groups in total. The van der Waals surface area contributed by atoms with E-state index in [0.717, 1.165) is 25.9 Å². The van der Waals surface area contributed by atoms with E-state index in [4.69, 9.17) is 14.2 Å². The van der Waals surface area contributed by atoms with Gasteiger partial charge in [-0.3, -0.25) is 0 Å². The fraction of sp³-hybridized carbons (Fsp3) is 1.00. The molecule has 1 saturated heterocycles. The molecule has 0 spiro atoms. The van der Waals surface area contributed by atoms with Crippen LogP contribution in [0.15, 0.2) is 0 Å². The molecule has 5 heteroatoms. The van der Waals surface area contributed by atoms with Gasteiger partial charge in [-0.25, -0.2) is 0 Å². The molecule has 1 heterocycles. The molecule has 0 aliphatic carbocycles. The minimum Gasteiger partial charge on any atom is -0.389 e. The molecule has 2 atom stereocenters. The lowest BCUT2D eigenvalue weighted by molar-refractivity contribution is -0.0451. The molecular weight excluding hydrogens is 234 g/mol. The van der Waals surface area contributed by atoms with Crippen molar-refractivity contribution in [3.8, 4) is 0 Å². The van der Waals surface area contributed by atoms with Crippen molar-refractivity contribution in [2.24, 2.45) is 0 Å². The molecule has 1 aliphatic rings. The summed E-state index contributed by atoms with van der Waals surface area (Å²) in [6.45, 7) is 5.53. The lowest BCUT2D eigenvalue weighted by Crippen LogP contribution is -2.42. The first kappa shape index (κ1) is 15.9. The molecule has 0 aromatic heterocycles. The highest BCUT2D eigenvalue weighted by Crippen LogP contribution is 2.13. The largest absolute Gasteiger partial charge is 0.389 e. The average molecular weight is 261 g/mol. The minimum atomic E-state index is -0.427. The maximum Gasteiger partial charge on any atom is 0.0900 e. The molecule has 2 unspecified atom stereocenters. The Hall–Kier alpha value is -0.200. The Labute approximate surface area is 110 Å². The number of rotatable bonds is 8. The molecule has 1 fully saturated rings. The summed E-state index contributed by atoms with van der Waals surface area (Å²) < 4.78 is 15.8. The first-order chi connectivity index (χ1) is 8.65. The van der Waals surface area contributed by atoms with E-state index < -0.39 is 6.10 Å². The summed E-state index contributed by atoms with van der Waals surface area (Å²) >= 11 is 0. The van der Waals surface area contributed by atoms with Crippen LogP contribution in [0.5, 0.6) is 0 Å². The SMILES string of the molecule is COCC(C)OCC(O)CN1CCC(OC)CC1. The number of ether oxygens (including phenoxy) is 3. The highest BCUT2D eigenvalue weighted by Gasteiger charge is 2.20. The number of hydrogen-bond donors (Lipinski definition) is 1. The van der Waals surface area contributed by atoms with Crippen LogP contribution in [-0.4, -0.2) is 75.4 Å². The molecule has 0 bridgehead atoms. The zero-order valence-electron chi connectivity index (χ0n) is 11.8. The molecular formula is C13H27NO4. The summed E-state index contributed by atoms with van der Waals surface area (Å²) in [5.41, 5.74) is 0. The predicted molar refractivity (Wildman–Crippen MR) is 69.8 cm³/mol. The molecule has 1 rings (SSSR count). The van der Waals surface area contributed by atoms with Gasteiger partial charge in [-0.05, 0) is 19.8 Å². The first-order valence-electron chi connectivity index (χ1n) is 6.69. The summed E-state index contributed by atoms with van der Waals surface area (Å²) in [7, 11) is 3.41. The van der Waals surface area contributed by atoms with E-state index in [-0.39, 0.29) is 6.10 Å². The van der Waals surface area contributed by atoms with Crippen LogP contribution in [0.2, 0.25) is 0 Å². The highest BCUT2D eigenvalue weighted by molar-refractivity contribution is 4.74. The Morgan fingerprint density at radius 1 is 1.22 bits per heavy atom. The monoisotopic (exact) mass is 261 g/mol. The summed E-state index contributed by atoms with van der Waals surface area (Å²) in [6, 6.07) is 0. The van der Waals surface area contributed by atoms with Gasteiger partial charge in [0.25, 0.3) is 0 Å². The van der Waals surface area contributed by atoms with Gasteiger partial charge in [0.15, 0.2) is 0 Å². The van der Waals surface area contributed by atoms with Crippen molar-refractivity contribution in [1.29, 1.82) is 0 Å². The van der Waals surface area contributed by atoms with Gasteiger partial charge in [0, 0.05) is 33.9 Å². The van der Waals surface area contributed by atoms with Crippen molar-refractivity contribution in [3.05, 3.63) is 0 Å². The van der Waals surface area contributed by atoms with Crippen LogP contribution < -0.4 is 0 Å². The van der Waals surface area contributed by atoms with Gasteiger partial charge in [0.05, 0.1) is 31.5 Å². The zero-order chi connectivity index (χ0) is 13.4. The molecule has 1 aliphatic heterocycles. The van der Waals surface area contributed by atoms with E-state index in [9.17, 15) is 5.11 Å². The third-order valence-electron chi connectivity index (χ3n) is 3.31. The van der Waals surface area contributed by atoms with Crippen LogP contribution in [0.25, 0.3) is 0 Å². The van der Waals surface area contributed by atoms with Crippen molar-refractivity contribution >= 4 is 0 Å². The minimum absolute atomic E-state index is 0.0314. The van der Waals surface area contributed by atoms with Crippen molar-refractivity contribution < 1.29 is 19.3 Å². The van der Waals surface area contributed by atoms with Crippen LogP contribution in [0.3, 0.4) is 0 Å². The lowest BCUT2D eigenvalue weighted by atomic mass is 10.1. The molecule has 18 heavy (non-hydrogen) atoms. The molecule has 0 radical (unpaired) electrons. The van der Waals surface area contributed by atoms with Gasteiger partial charge >= 0.3 is 0 Å². The number of nitrogens with zero attached hydrogens (tertiary/aromatic N) is 1. The number of aliphatic hydroxyl groups is 1. The van der Waals surface area contributed by atoms with Gasteiger partial charge < -0.3 is 24.2 Å². The zero-order valence-corrected chi connectivity index (χ0v) is 11.8. The normalized spacial score (nSPS) is 22.0. The van der Waals surface area contributed by atoms with Crippen molar-refractivity contribution in [2.75, 3.05) is 47.1 Å². The molecule has 0 amide bonds. The molecule has 5 nitrogen and oxygen atoms in total. The Kier molecular flexibility index (Phi) is 7.77. The van der Waals surface area contributed by atoms with Gasteiger partial charge in [-0.1, -0.05) is 0 Å². The highest BCUT2D eigenvalue weighted by atomic mass is 16.5. The van der Waals surface area contributed by atoms with Crippen molar-refractivity contribution in [3.63, 3.8) is 0 Å². The van der Waals surface area contributed by atoms with Crippen LogP contribution in [0.1, 0.15) is 19.8 Å². The number of aliphatic hydroxyl groups excluding tert-OH is 1. The Morgan fingerprint density at radius 2 is 1.89 bits per heavy atom. The van der Waals surface area contributed by atoms with E-state index in [2.05, 4.69) is 4.90 Å². The second kappa shape index (κ2) is 8.82. The smallest absolute Gasteiger partial charge is 0.0900 e. The third kappa shape index (κ3) is 6.11. The second-order valence-corrected chi connectivity index (χ2v) is 4.99. The van der Waals surface area contributed by atoms with Crippen LogP contribution in [0, 0.1) is 0 Å². The predicted octanol–water partition coefficient (Wildman–Crippen LogP) is 0.510. The quantitative estimate of drug-likeness (QED) is 0.690. The molecule has 0 saturated carbocycles. The van der Waals surface area contributed by atoms with E-state index in [1.807, 2.05) is 6.92 Å². The number of likely N-dealkylation sites (tertiary alicyclic amines) is 1. The second-order valence-electron chi connectivity index (χ2n) is 4.99. The fourth-order valence-corrected chi connectivity index (χ4v) is 2.24. The Bertz CT molecular complexity index is 207. The molecule has 108 valence electrons. The first-order valence-corrected chi connectivity index (χ1v) is 6.69. The summed E-state index contributed by atoms with van der Waals surface area (Å²) in [4.78, 5) is 2.27. The van der Waals surface area contributed by atoms with Gasteiger partial charge in [0.2, 0.25) is 0 Å². The number of β-amino-alcohol motifs (C(OH)–C–C–N with tert-alkyl or cyclic N) is 1. The van der Waals surface area contributed by atoms with Crippen molar-refractivity contribution in [2.45, 2.75) is 38.1 Å². The number of methoxy groups -OCH3 is 2. The summed E-state index contributed by atoms with van der Waals surface area (Å²) in [5.74, 6) is 0. The van der Waals surface area contributed by atoms with Gasteiger partial charge in [-0.2, -0.15) is 0 Å². The van der Waals surface area contributed by atoms with Crippen LogP contribution in [-0.2, 0) is 14.2 Å². The van der Waals surface area contributed by atoms with E-state index in [1.54, 1.807) is 14.2 Å². The van der Waals surface area contributed by atoms with Gasteiger partial charge in [0.1, 0.15) is 0 Å². The van der Waals surface area contributed by atoms with Crippen molar-refractivity contribution in [1.82, 2.24) is 4.90 Å². The van der Waals surface area contributed by atoms with E-state index in [1.165, 1.54) is 0 Å². The topological polar surface area (TPSA) is 51.2 Å². The van der Waals surface area contributed by atoms with E-state index >= 15 is 0 Å². The molecule has 0 aromatic rings. The standard InChI is InChI=1S/C13H27NO4/c1-11(9-16-2)18-10-12(15)8-14-6-4-13(17-3)5-7-14/h11-13,15H,4-10H2,1-3H3.